The van der Waals surface area contributed by atoms with Crippen molar-refractivity contribution >= 4 is 63.2 Å². The summed E-state index contributed by atoms with van der Waals surface area (Å²) in [4.78, 5) is 117. The molecule has 3 aromatic carbocycles. The van der Waals surface area contributed by atoms with Gasteiger partial charge in [0, 0.05) is 68.6 Å². The predicted molar refractivity (Wildman–Crippen MR) is 295 cm³/mol. The van der Waals surface area contributed by atoms with Gasteiger partial charge in [-0.1, -0.05) is 70.2 Å². The van der Waals surface area contributed by atoms with Crippen molar-refractivity contribution in [3.05, 3.63) is 114 Å². The fraction of sp³-hybridized carbons (Fsp3) is 0.475. The van der Waals surface area contributed by atoms with E-state index in [1.165, 1.54) is 66.2 Å². The standard InChI is InChI=1S/C59H74F2N10O8/c1-11-59(7,8)71-32-40(42-15-12-13-16-47(42)71)30-46-56(77)69(10)49(25-34(2)3)53(74)64-45(29-38-20-23-43-39(27-38)31-62-58(67-43)79-33-60)51(72)63-36(6)55(76)68(9)48-17-14-24-70(57(48)78)50(26-35(4)5)54(75)65-44(52(73)66-46)28-37-18-21-41(61)22-19-37/h11-13,15-16,18-23,27,31-32,34-36,44-46,48-50H,1,14,17,24-26,28-30,33H2,2-10H3,(H,63,72)(H,64,74)(H,65,75)(H,66,73)/t36-,44-,45-,46-,48-,49-,50-/m0/s1. The summed E-state index contributed by atoms with van der Waals surface area (Å²) in [5, 5.41) is 12.9. The van der Waals surface area contributed by atoms with Crippen molar-refractivity contribution in [2.75, 3.05) is 27.5 Å². The van der Waals surface area contributed by atoms with E-state index in [0.717, 1.165) is 10.9 Å². The molecule has 0 unspecified atom stereocenters. The van der Waals surface area contributed by atoms with Crippen LogP contribution >= 0.6 is 0 Å². The summed E-state index contributed by atoms with van der Waals surface area (Å²) < 4.78 is 34.2. The maximum absolute atomic E-state index is 15.5. The van der Waals surface area contributed by atoms with Gasteiger partial charge in [-0.05, 0) is 105 Å². The SMILES string of the molecule is C=CC(C)(C)n1cc(C[C@@H]2NC(=O)[C@H](Cc3ccc(F)cc3)NC(=O)[C@H](CC(C)C)N3CCC[C@@H](C3=O)N(C)C(=O)[C@H](C)NC(=O)[C@H](Cc3ccc4nc(OCF)ncc4c3)NC(=O)[C@H](CC(C)C)N(C)C2=O)c2ccccc21. The van der Waals surface area contributed by atoms with Gasteiger partial charge in [0.1, 0.15) is 48.1 Å². The molecule has 7 amide bonds. The zero-order valence-electron chi connectivity index (χ0n) is 46.6. The first-order valence-electron chi connectivity index (χ1n) is 27.0. The summed E-state index contributed by atoms with van der Waals surface area (Å²) in [5.41, 5.74) is 2.38. The Hall–Kier alpha value is -7.77. The Bertz CT molecular complexity index is 3070. The molecule has 0 aliphatic carbocycles. The number of carbonyl (C=O) groups is 7. The number of para-hydroxylation sites is 1. The highest BCUT2D eigenvalue weighted by molar-refractivity contribution is 5.99. The van der Waals surface area contributed by atoms with Gasteiger partial charge in [-0.2, -0.15) is 4.98 Å². The number of allylic oxidation sites excluding steroid dienone is 1. The van der Waals surface area contributed by atoms with E-state index in [1.807, 2.05) is 76.6 Å². The van der Waals surface area contributed by atoms with Crippen LogP contribution in [0.25, 0.3) is 21.8 Å². The van der Waals surface area contributed by atoms with E-state index >= 15 is 14.4 Å². The second-order valence-corrected chi connectivity index (χ2v) is 22.2. The van der Waals surface area contributed by atoms with Crippen LogP contribution in [0.5, 0.6) is 6.01 Å². The fourth-order valence-electron chi connectivity index (χ4n) is 10.5. The number of halogens is 2. The number of likely N-dealkylation sites (N-methyl/N-ethyl adjacent to an activating group) is 2. The molecule has 18 nitrogen and oxygen atoms in total. The fourth-order valence-corrected chi connectivity index (χ4v) is 10.5. The van der Waals surface area contributed by atoms with Crippen LogP contribution in [0.3, 0.4) is 0 Å². The Morgan fingerprint density at radius 3 is 2.01 bits per heavy atom. The van der Waals surface area contributed by atoms with Gasteiger partial charge in [0.05, 0.1) is 11.1 Å². The van der Waals surface area contributed by atoms with Crippen LogP contribution in [0, 0.1) is 17.7 Å². The zero-order chi connectivity index (χ0) is 57.5. The molecule has 7 atom stereocenters. The van der Waals surface area contributed by atoms with Crippen LogP contribution in [-0.4, -0.2) is 140 Å². The summed E-state index contributed by atoms with van der Waals surface area (Å²) >= 11 is 0. The van der Waals surface area contributed by atoms with Gasteiger partial charge in [-0.15, -0.1) is 6.58 Å². The smallest absolute Gasteiger partial charge is 0.319 e. The molecule has 4 N–H and O–H groups in total. The molecule has 422 valence electrons. The minimum Gasteiger partial charge on any atom is -0.431 e. The van der Waals surface area contributed by atoms with Crippen molar-refractivity contribution in [1.29, 1.82) is 0 Å². The Morgan fingerprint density at radius 2 is 1.35 bits per heavy atom. The van der Waals surface area contributed by atoms with Crippen molar-refractivity contribution in [1.82, 2.24) is 50.5 Å². The zero-order valence-corrected chi connectivity index (χ0v) is 46.6. The third-order valence-corrected chi connectivity index (χ3v) is 15.0. The number of ether oxygens (including phenoxy) is 1. The summed E-state index contributed by atoms with van der Waals surface area (Å²) in [6, 6.07) is 9.27. The number of piperidine rings is 1. The number of aromatic nitrogens is 3. The van der Waals surface area contributed by atoms with Gasteiger partial charge in [-0.3, -0.25) is 33.6 Å². The molecule has 0 radical (unpaired) electrons. The number of fused-ring (bicyclic) bond motifs is 4. The van der Waals surface area contributed by atoms with Gasteiger partial charge < -0.3 is 45.3 Å². The first-order chi connectivity index (χ1) is 37.5. The lowest BCUT2D eigenvalue weighted by molar-refractivity contribution is -0.153. The molecule has 79 heavy (non-hydrogen) atoms. The Labute approximate surface area is 460 Å². The molecule has 20 heteroatoms. The third kappa shape index (κ3) is 13.9. The second kappa shape index (κ2) is 25.4. The number of carbonyl (C=O) groups excluding carboxylic acids is 7. The Morgan fingerprint density at radius 1 is 0.747 bits per heavy atom. The van der Waals surface area contributed by atoms with E-state index in [0.29, 0.717) is 34.0 Å². The lowest BCUT2D eigenvalue weighted by atomic mass is 9.95. The number of nitrogens with zero attached hydrogens (tertiary/aromatic N) is 6. The Balaban J connectivity index is 1.36. The van der Waals surface area contributed by atoms with Crippen molar-refractivity contribution in [2.24, 2.45) is 11.8 Å². The minimum atomic E-state index is -1.37. The van der Waals surface area contributed by atoms with E-state index in [2.05, 4.69) is 37.8 Å². The Kier molecular flexibility index (Phi) is 18.9. The minimum absolute atomic E-state index is 0.0833. The monoisotopic (exact) mass is 1090 g/mol. The molecule has 2 aliphatic heterocycles. The topological polar surface area (TPSA) is 217 Å². The van der Waals surface area contributed by atoms with Gasteiger partial charge in [-0.25, -0.2) is 13.8 Å². The number of amides is 7. The highest BCUT2D eigenvalue weighted by atomic mass is 19.1. The number of alkyl halides is 1. The number of hydrogen-bond acceptors (Lipinski definition) is 10. The van der Waals surface area contributed by atoms with E-state index in [1.54, 1.807) is 24.3 Å². The lowest BCUT2D eigenvalue weighted by Gasteiger charge is -2.41. The van der Waals surface area contributed by atoms with Crippen molar-refractivity contribution in [2.45, 2.75) is 141 Å². The first-order valence-corrected chi connectivity index (χ1v) is 27.0. The van der Waals surface area contributed by atoms with Gasteiger partial charge in [0.25, 0.3) is 0 Å². The van der Waals surface area contributed by atoms with Crippen molar-refractivity contribution in [3.63, 3.8) is 0 Å². The van der Waals surface area contributed by atoms with E-state index in [-0.39, 0.29) is 62.9 Å². The molecular formula is C59H74F2N10O8. The van der Waals surface area contributed by atoms with E-state index in [4.69, 9.17) is 4.74 Å². The first kappa shape index (κ1) is 58.9. The molecule has 2 aromatic heterocycles. The van der Waals surface area contributed by atoms with Crippen LogP contribution in [0.2, 0.25) is 0 Å². The molecule has 2 aliphatic rings. The maximum atomic E-state index is 15.5. The molecule has 5 aromatic rings. The summed E-state index contributed by atoms with van der Waals surface area (Å²) in [6.07, 6.45) is 5.78. The molecular weight excluding hydrogens is 1010 g/mol. The highest BCUT2D eigenvalue weighted by Gasteiger charge is 2.43. The lowest BCUT2D eigenvalue weighted by Crippen LogP contribution is -2.62. The average Bonchev–Trinajstić information content (AvgIpc) is 3.86. The van der Waals surface area contributed by atoms with Gasteiger partial charge in [0.15, 0.2) is 0 Å². The normalized spacial score (nSPS) is 22.7. The van der Waals surface area contributed by atoms with Crippen molar-refractivity contribution < 1.29 is 47.1 Å². The highest BCUT2D eigenvalue weighted by Crippen LogP contribution is 2.31. The molecule has 2 saturated heterocycles. The number of rotatable bonds is 14. The van der Waals surface area contributed by atoms with Crippen LogP contribution in [0.15, 0.2) is 91.8 Å². The van der Waals surface area contributed by atoms with Crippen LogP contribution in [-0.2, 0) is 58.4 Å². The molecule has 2 bridgehead atoms. The van der Waals surface area contributed by atoms with E-state index < -0.39 is 102 Å². The molecule has 0 spiro atoms. The van der Waals surface area contributed by atoms with Crippen LogP contribution in [0.1, 0.15) is 90.8 Å². The summed E-state index contributed by atoms with van der Waals surface area (Å²) in [5.74, 6) is -5.44. The maximum Gasteiger partial charge on any atom is 0.319 e. The number of hydrogen-bond donors (Lipinski definition) is 4. The quantitative estimate of drug-likeness (QED) is 0.0997. The molecule has 4 heterocycles. The van der Waals surface area contributed by atoms with Crippen LogP contribution in [0.4, 0.5) is 8.78 Å². The van der Waals surface area contributed by atoms with Crippen LogP contribution < -0.4 is 26.0 Å². The largest absolute Gasteiger partial charge is 0.431 e. The van der Waals surface area contributed by atoms with E-state index in [9.17, 15) is 28.0 Å². The molecule has 0 saturated carbocycles. The summed E-state index contributed by atoms with van der Waals surface area (Å²) in [6.45, 7) is 16.1. The van der Waals surface area contributed by atoms with Gasteiger partial charge >= 0.3 is 6.01 Å². The number of nitrogens with one attached hydrogen (secondary N) is 4. The predicted octanol–water partition coefficient (Wildman–Crippen LogP) is 5.69. The summed E-state index contributed by atoms with van der Waals surface area (Å²) in [7, 11) is 2.92. The third-order valence-electron chi connectivity index (χ3n) is 15.0. The molecule has 7 rings (SSSR count). The van der Waals surface area contributed by atoms with Crippen molar-refractivity contribution in [3.8, 4) is 6.01 Å². The molecule has 2 fully saturated rings. The van der Waals surface area contributed by atoms with Gasteiger partial charge in [0.2, 0.25) is 48.2 Å². The average molecular weight is 1090 g/mol. The number of benzene rings is 3. The second-order valence-electron chi connectivity index (χ2n) is 22.2.